The number of nitrogens with zero attached hydrogens (tertiary/aromatic N) is 1. The summed E-state index contributed by atoms with van der Waals surface area (Å²) < 4.78 is 0. The molecule has 1 amide bonds. The molecule has 17 heavy (non-hydrogen) atoms. The number of carbonyl (C=O) groups excluding carboxylic acids is 1. The van der Waals surface area contributed by atoms with Crippen molar-refractivity contribution >= 4 is 11.7 Å². The van der Waals surface area contributed by atoms with Gasteiger partial charge in [0.05, 0.1) is 0 Å². The van der Waals surface area contributed by atoms with Crippen molar-refractivity contribution in [1.82, 2.24) is 10.3 Å². The number of carbonyl (C=O) groups is 1. The lowest BCUT2D eigenvalue weighted by atomic mass is 10.2. The van der Waals surface area contributed by atoms with Gasteiger partial charge in [-0.3, -0.25) is 4.79 Å². The predicted molar refractivity (Wildman–Crippen MR) is 66.3 cm³/mol. The molecule has 0 atom stereocenters. The van der Waals surface area contributed by atoms with Crippen molar-refractivity contribution in [3.8, 4) is 0 Å². The third-order valence-corrected chi connectivity index (χ3v) is 2.34. The third kappa shape index (κ3) is 3.04. The monoisotopic (exact) mass is 227 g/mol. The summed E-state index contributed by atoms with van der Waals surface area (Å²) in [7, 11) is 0. The molecule has 0 radical (unpaired) electrons. The minimum Gasteiger partial charge on any atom is -0.384 e. The van der Waals surface area contributed by atoms with Crippen LogP contribution in [0.1, 0.15) is 15.9 Å². The molecule has 0 saturated heterocycles. The lowest BCUT2D eigenvalue weighted by Gasteiger charge is -2.05. The summed E-state index contributed by atoms with van der Waals surface area (Å²) in [6.45, 7) is 0.502. The van der Waals surface area contributed by atoms with E-state index < -0.39 is 0 Å². The van der Waals surface area contributed by atoms with Crippen molar-refractivity contribution < 1.29 is 4.79 Å². The number of hydrogen-bond donors (Lipinski definition) is 2. The van der Waals surface area contributed by atoms with E-state index in [0.717, 1.165) is 5.56 Å². The van der Waals surface area contributed by atoms with Crippen LogP contribution < -0.4 is 11.1 Å². The number of benzene rings is 1. The molecule has 4 heteroatoms. The molecule has 2 aromatic rings. The van der Waals surface area contributed by atoms with Crippen molar-refractivity contribution in [3.05, 3.63) is 59.8 Å². The van der Waals surface area contributed by atoms with Gasteiger partial charge in [-0.1, -0.05) is 30.3 Å². The van der Waals surface area contributed by atoms with Gasteiger partial charge in [0.15, 0.2) is 0 Å². The second-order valence-corrected chi connectivity index (χ2v) is 3.64. The van der Waals surface area contributed by atoms with Crippen LogP contribution in [0.25, 0.3) is 0 Å². The number of rotatable bonds is 3. The maximum atomic E-state index is 11.8. The zero-order chi connectivity index (χ0) is 12.1. The SMILES string of the molecule is Nc1cc(C(=O)NCc2ccccc2)ccn1. The van der Waals surface area contributed by atoms with Gasteiger partial charge in [0, 0.05) is 18.3 Å². The van der Waals surface area contributed by atoms with Gasteiger partial charge in [0.2, 0.25) is 0 Å². The quantitative estimate of drug-likeness (QED) is 0.836. The van der Waals surface area contributed by atoms with Crippen molar-refractivity contribution in [2.75, 3.05) is 5.73 Å². The van der Waals surface area contributed by atoms with E-state index >= 15 is 0 Å². The molecule has 0 unspecified atom stereocenters. The number of hydrogen-bond acceptors (Lipinski definition) is 3. The summed E-state index contributed by atoms with van der Waals surface area (Å²) >= 11 is 0. The van der Waals surface area contributed by atoms with Crippen LogP contribution in [0.15, 0.2) is 48.7 Å². The van der Waals surface area contributed by atoms with Crippen LogP contribution >= 0.6 is 0 Å². The van der Waals surface area contributed by atoms with Crippen LogP contribution in [0.5, 0.6) is 0 Å². The smallest absolute Gasteiger partial charge is 0.251 e. The fraction of sp³-hybridized carbons (Fsp3) is 0.0769. The van der Waals surface area contributed by atoms with E-state index in [2.05, 4.69) is 10.3 Å². The van der Waals surface area contributed by atoms with Crippen LogP contribution in [-0.4, -0.2) is 10.9 Å². The van der Waals surface area contributed by atoms with E-state index in [1.807, 2.05) is 30.3 Å². The molecule has 4 nitrogen and oxygen atoms in total. The Kier molecular flexibility index (Phi) is 3.35. The maximum Gasteiger partial charge on any atom is 0.251 e. The number of pyridine rings is 1. The summed E-state index contributed by atoms with van der Waals surface area (Å²) in [6.07, 6.45) is 1.52. The highest BCUT2D eigenvalue weighted by atomic mass is 16.1. The van der Waals surface area contributed by atoms with Crippen LogP contribution in [0, 0.1) is 0 Å². The van der Waals surface area contributed by atoms with Crippen LogP contribution in [0.3, 0.4) is 0 Å². The lowest BCUT2D eigenvalue weighted by Crippen LogP contribution is -2.22. The third-order valence-electron chi connectivity index (χ3n) is 2.34. The molecule has 0 spiro atoms. The van der Waals surface area contributed by atoms with Gasteiger partial charge in [-0.2, -0.15) is 0 Å². The zero-order valence-corrected chi connectivity index (χ0v) is 9.26. The molecule has 1 aromatic heterocycles. The van der Waals surface area contributed by atoms with Crippen molar-refractivity contribution in [1.29, 1.82) is 0 Å². The molecule has 0 aliphatic rings. The minimum atomic E-state index is -0.150. The molecular formula is C13H13N3O. The number of nitrogens with one attached hydrogen (secondary N) is 1. The fourth-order valence-electron chi connectivity index (χ4n) is 1.47. The molecule has 86 valence electrons. The van der Waals surface area contributed by atoms with E-state index in [-0.39, 0.29) is 5.91 Å². The highest BCUT2D eigenvalue weighted by molar-refractivity contribution is 5.94. The Morgan fingerprint density at radius 3 is 2.71 bits per heavy atom. The summed E-state index contributed by atoms with van der Waals surface area (Å²) in [5.74, 6) is 0.195. The first kappa shape index (κ1) is 11.1. The Bertz CT molecular complexity index is 511. The van der Waals surface area contributed by atoms with Gasteiger partial charge >= 0.3 is 0 Å². The number of nitrogen functional groups attached to an aromatic ring is 1. The van der Waals surface area contributed by atoms with E-state index in [1.54, 1.807) is 12.1 Å². The van der Waals surface area contributed by atoms with E-state index in [9.17, 15) is 4.79 Å². The van der Waals surface area contributed by atoms with Crippen LogP contribution in [0.4, 0.5) is 5.82 Å². The Morgan fingerprint density at radius 1 is 1.24 bits per heavy atom. The van der Waals surface area contributed by atoms with E-state index in [4.69, 9.17) is 5.73 Å². The second kappa shape index (κ2) is 5.12. The largest absolute Gasteiger partial charge is 0.384 e. The average Bonchev–Trinajstić information content (AvgIpc) is 2.37. The Labute approximate surface area is 99.5 Å². The van der Waals surface area contributed by atoms with Gasteiger partial charge in [-0.25, -0.2) is 4.98 Å². The zero-order valence-electron chi connectivity index (χ0n) is 9.26. The van der Waals surface area contributed by atoms with Crippen LogP contribution in [0.2, 0.25) is 0 Å². The molecule has 3 N–H and O–H groups in total. The van der Waals surface area contributed by atoms with Crippen molar-refractivity contribution in [2.45, 2.75) is 6.54 Å². The molecule has 0 saturated carbocycles. The predicted octanol–water partition coefficient (Wildman–Crippen LogP) is 1.59. The minimum absolute atomic E-state index is 0.150. The highest BCUT2D eigenvalue weighted by Gasteiger charge is 2.05. The van der Waals surface area contributed by atoms with Gasteiger partial charge in [0.25, 0.3) is 5.91 Å². The molecule has 0 aliphatic carbocycles. The molecule has 0 fully saturated rings. The molecule has 1 aromatic carbocycles. The maximum absolute atomic E-state index is 11.8. The highest BCUT2D eigenvalue weighted by Crippen LogP contribution is 2.03. The van der Waals surface area contributed by atoms with Gasteiger partial charge in [-0.15, -0.1) is 0 Å². The molecule has 2 rings (SSSR count). The van der Waals surface area contributed by atoms with Crippen molar-refractivity contribution in [2.24, 2.45) is 0 Å². The Hall–Kier alpha value is -2.36. The van der Waals surface area contributed by atoms with Gasteiger partial charge < -0.3 is 11.1 Å². The summed E-state index contributed by atoms with van der Waals surface area (Å²) in [5, 5.41) is 2.82. The Morgan fingerprint density at radius 2 is 2.00 bits per heavy atom. The number of anilines is 1. The van der Waals surface area contributed by atoms with E-state index in [0.29, 0.717) is 17.9 Å². The molecule has 1 heterocycles. The van der Waals surface area contributed by atoms with Crippen molar-refractivity contribution in [3.63, 3.8) is 0 Å². The average molecular weight is 227 g/mol. The first-order chi connectivity index (χ1) is 8.25. The standard InChI is InChI=1S/C13H13N3O/c14-12-8-11(6-7-15-12)13(17)16-9-10-4-2-1-3-5-10/h1-8H,9H2,(H2,14,15)(H,16,17). The topological polar surface area (TPSA) is 68.0 Å². The summed E-state index contributed by atoms with van der Waals surface area (Å²) in [6, 6.07) is 12.9. The number of amides is 1. The van der Waals surface area contributed by atoms with Crippen LogP contribution in [-0.2, 0) is 6.54 Å². The molecule has 0 aliphatic heterocycles. The first-order valence-electron chi connectivity index (χ1n) is 5.29. The first-order valence-corrected chi connectivity index (χ1v) is 5.29. The Balaban J connectivity index is 1.98. The van der Waals surface area contributed by atoms with Gasteiger partial charge in [-0.05, 0) is 17.7 Å². The lowest BCUT2D eigenvalue weighted by molar-refractivity contribution is 0.0951. The molecule has 0 bridgehead atoms. The second-order valence-electron chi connectivity index (χ2n) is 3.64. The summed E-state index contributed by atoms with van der Waals surface area (Å²) in [4.78, 5) is 15.6. The number of nitrogens with two attached hydrogens (primary N) is 1. The summed E-state index contributed by atoms with van der Waals surface area (Å²) in [5.41, 5.74) is 7.09. The van der Waals surface area contributed by atoms with E-state index in [1.165, 1.54) is 6.20 Å². The fourth-order valence-corrected chi connectivity index (χ4v) is 1.47. The number of aromatic nitrogens is 1. The molecular weight excluding hydrogens is 214 g/mol. The normalized spacial score (nSPS) is 9.88. The van der Waals surface area contributed by atoms with Gasteiger partial charge in [0.1, 0.15) is 5.82 Å².